The van der Waals surface area contributed by atoms with Gasteiger partial charge in [0.05, 0.1) is 0 Å². The molecule has 0 bridgehead atoms. The number of rotatable bonds is 7. The molecule has 0 aliphatic rings. The van der Waals surface area contributed by atoms with Crippen molar-refractivity contribution in [2.45, 2.75) is 33.1 Å². The molecular weight excluding hydrogens is 398 g/mol. The zero-order valence-corrected chi connectivity index (χ0v) is 18.5. The van der Waals surface area contributed by atoms with Gasteiger partial charge in [-0.2, -0.15) is 0 Å². The summed E-state index contributed by atoms with van der Waals surface area (Å²) >= 11 is 0. The molecule has 0 aliphatic carbocycles. The Morgan fingerprint density at radius 3 is 2.07 bits per heavy atom. The van der Waals surface area contributed by atoms with E-state index >= 15 is 0 Å². The molecule has 3 rings (SSSR count). The quantitative estimate of drug-likeness (QED) is 0.472. The van der Waals surface area contributed by atoms with Gasteiger partial charge in [0.2, 0.25) is 0 Å². The monoisotopic (exact) mass is 426 g/mol. The number of hydrogen-bond acceptors (Lipinski definition) is 2. The van der Waals surface area contributed by atoms with E-state index in [1.165, 1.54) is 24.4 Å². The number of phenols is 1. The van der Waals surface area contributed by atoms with Crippen molar-refractivity contribution in [3.05, 3.63) is 99.4 Å². The van der Waals surface area contributed by atoms with Gasteiger partial charge in [-0.3, -0.25) is 4.57 Å². The second-order valence-corrected chi connectivity index (χ2v) is 10.7. The van der Waals surface area contributed by atoms with E-state index in [4.69, 9.17) is 0 Å². The summed E-state index contributed by atoms with van der Waals surface area (Å²) in [5.74, 6) is -0.0354. The normalized spacial score (nSPS) is 13.2. The van der Waals surface area contributed by atoms with Crippen LogP contribution in [0.4, 0.5) is 4.39 Å². The van der Waals surface area contributed by atoms with Gasteiger partial charge in [0.1, 0.15) is 11.6 Å². The van der Waals surface area contributed by atoms with Crippen molar-refractivity contribution in [1.29, 1.82) is 0 Å². The fraction of sp³-hybridized carbons (Fsp3) is 0.280. The largest absolute Gasteiger partial charge is 0.508 e. The maximum Gasteiger partial charge on any atom is 0.197 e. The molecule has 3 aromatic rings. The second kappa shape index (κ2) is 9.16. The third-order valence-corrected chi connectivity index (χ3v) is 6.46. The summed E-state index contributed by atoms with van der Waals surface area (Å²) in [4.78, 5) is 9.55. The van der Waals surface area contributed by atoms with Crippen molar-refractivity contribution in [3.63, 3.8) is 0 Å². The molecule has 0 fully saturated rings. The third kappa shape index (κ3) is 6.04. The summed E-state index contributed by atoms with van der Waals surface area (Å²) in [5, 5.41) is 10.3. The summed E-state index contributed by atoms with van der Waals surface area (Å²) in [6.45, 7) is 5.53. The molecule has 2 N–H and O–H groups in total. The van der Waals surface area contributed by atoms with Gasteiger partial charge >= 0.3 is 0 Å². The Labute approximate surface area is 177 Å². The summed E-state index contributed by atoms with van der Waals surface area (Å²) in [5.41, 5.74) is 7.46. The van der Waals surface area contributed by atoms with E-state index in [0.717, 1.165) is 39.8 Å². The fourth-order valence-electron chi connectivity index (χ4n) is 3.76. The van der Waals surface area contributed by atoms with E-state index in [0.29, 0.717) is 12.8 Å². The summed E-state index contributed by atoms with van der Waals surface area (Å²) in [6, 6.07) is 16.2. The van der Waals surface area contributed by atoms with Crippen LogP contribution in [0.5, 0.6) is 5.75 Å². The van der Waals surface area contributed by atoms with Crippen LogP contribution in [0.25, 0.3) is 0 Å². The first-order valence-corrected chi connectivity index (χ1v) is 12.3. The van der Waals surface area contributed by atoms with Gasteiger partial charge in [0, 0.05) is 19.2 Å². The van der Waals surface area contributed by atoms with Crippen molar-refractivity contribution < 1.29 is 19.0 Å². The van der Waals surface area contributed by atoms with Crippen molar-refractivity contribution in [2.24, 2.45) is 0 Å². The zero-order valence-electron chi connectivity index (χ0n) is 17.7. The predicted molar refractivity (Wildman–Crippen MR) is 120 cm³/mol. The molecule has 0 amide bonds. The molecular formula is C25H28FO3P. The van der Waals surface area contributed by atoms with Gasteiger partial charge in [-0.25, -0.2) is 4.39 Å². The number of halogens is 1. The third-order valence-electron chi connectivity index (χ3n) is 5.40. The zero-order chi connectivity index (χ0) is 21.9. The van der Waals surface area contributed by atoms with Crippen LogP contribution in [-0.4, -0.2) is 22.8 Å². The highest BCUT2D eigenvalue weighted by Crippen LogP contribution is 2.36. The lowest BCUT2D eigenvalue weighted by atomic mass is 9.92. The molecule has 0 heterocycles. The Balaban J connectivity index is 1.80. The van der Waals surface area contributed by atoms with E-state index in [2.05, 4.69) is 26.0 Å². The highest BCUT2D eigenvalue weighted by molar-refractivity contribution is 7.57. The summed E-state index contributed by atoms with van der Waals surface area (Å²) in [7, 11) is -3.01. The van der Waals surface area contributed by atoms with Gasteiger partial charge < -0.3 is 10.00 Å². The van der Waals surface area contributed by atoms with Crippen LogP contribution in [-0.2, 0) is 23.8 Å². The van der Waals surface area contributed by atoms with Crippen molar-refractivity contribution in [3.8, 4) is 5.75 Å². The summed E-state index contributed by atoms with van der Waals surface area (Å²) in [6.07, 6.45) is 2.15. The van der Waals surface area contributed by atoms with E-state index in [9.17, 15) is 19.0 Å². The van der Waals surface area contributed by atoms with Crippen LogP contribution < -0.4 is 0 Å². The number of aryl methyl sites for hydroxylation is 3. The minimum absolute atomic E-state index is 0.236. The fourth-order valence-corrected chi connectivity index (χ4v) is 4.43. The molecule has 30 heavy (non-hydrogen) atoms. The molecule has 3 nitrogen and oxygen atoms in total. The van der Waals surface area contributed by atoms with E-state index < -0.39 is 7.37 Å². The maximum absolute atomic E-state index is 13.1. The molecule has 3 aromatic carbocycles. The second-order valence-electron chi connectivity index (χ2n) is 8.18. The van der Waals surface area contributed by atoms with Crippen molar-refractivity contribution in [1.82, 2.24) is 0 Å². The highest BCUT2D eigenvalue weighted by atomic mass is 31.2. The molecule has 0 saturated heterocycles. The lowest BCUT2D eigenvalue weighted by Crippen LogP contribution is -2.01. The average molecular weight is 426 g/mol. The molecule has 0 radical (unpaired) electrons. The Kier molecular flexibility index (Phi) is 6.80. The Morgan fingerprint density at radius 1 is 0.867 bits per heavy atom. The van der Waals surface area contributed by atoms with Gasteiger partial charge in [-0.15, -0.1) is 0 Å². The molecule has 0 saturated carbocycles. The van der Waals surface area contributed by atoms with Gasteiger partial charge in [0.15, 0.2) is 7.37 Å². The first kappa shape index (κ1) is 22.3. The molecule has 1 unspecified atom stereocenters. The molecule has 0 aliphatic heterocycles. The predicted octanol–water partition coefficient (Wildman–Crippen LogP) is 5.77. The molecule has 1 atom stereocenters. The number of phenolic OH excluding ortho intramolecular Hbond substituents is 1. The van der Waals surface area contributed by atoms with Gasteiger partial charge in [-0.05, 0) is 83.8 Å². The topological polar surface area (TPSA) is 57.5 Å². The molecule has 0 spiro atoms. The Morgan fingerprint density at radius 2 is 1.47 bits per heavy atom. The van der Waals surface area contributed by atoms with Crippen LogP contribution in [0.15, 0.2) is 54.6 Å². The first-order chi connectivity index (χ1) is 14.1. The van der Waals surface area contributed by atoms with Crippen LogP contribution in [0, 0.1) is 19.7 Å². The Hall–Kier alpha value is -2.42. The lowest BCUT2D eigenvalue weighted by molar-refractivity contribution is 0.469. The minimum Gasteiger partial charge on any atom is -0.508 e. The number of aromatic hydroxyl groups is 1. The van der Waals surface area contributed by atoms with Gasteiger partial charge in [0.25, 0.3) is 0 Å². The highest BCUT2D eigenvalue weighted by Gasteiger charge is 2.13. The summed E-state index contributed by atoms with van der Waals surface area (Å²) < 4.78 is 24.7. The molecule has 0 aromatic heterocycles. The average Bonchev–Trinajstić information content (AvgIpc) is 2.66. The van der Waals surface area contributed by atoms with E-state index in [1.54, 1.807) is 18.2 Å². The SMILES string of the molecule is Cc1cc(CCP(C)(=O)O)cc(C)c1Cc1ccc(O)c(Cc2ccc(F)cc2)c1. The molecule has 158 valence electrons. The van der Waals surface area contributed by atoms with Crippen molar-refractivity contribution in [2.75, 3.05) is 12.8 Å². The maximum atomic E-state index is 13.1. The number of benzene rings is 3. The van der Waals surface area contributed by atoms with Crippen LogP contribution >= 0.6 is 7.37 Å². The van der Waals surface area contributed by atoms with Crippen LogP contribution in [0.3, 0.4) is 0 Å². The minimum atomic E-state index is -3.01. The van der Waals surface area contributed by atoms with E-state index in [-0.39, 0.29) is 17.7 Å². The van der Waals surface area contributed by atoms with Crippen LogP contribution in [0.1, 0.15) is 38.9 Å². The lowest BCUT2D eigenvalue weighted by Gasteiger charge is -2.15. The van der Waals surface area contributed by atoms with E-state index in [1.807, 2.05) is 12.1 Å². The number of hydrogen-bond donors (Lipinski definition) is 2. The smallest absolute Gasteiger partial charge is 0.197 e. The van der Waals surface area contributed by atoms with Crippen molar-refractivity contribution >= 4 is 7.37 Å². The van der Waals surface area contributed by atoms with Crippen LogP contribution in [0.2, 0.25) is 0 Å². The Bertz CT molecular complexity index is 1060. The first-order valence-electron chi connectivity index (χ1n) is 10.0. The van der Waals surface area contributed by atoms with Gasteiger partial charge in [-0.1, -0.05) is 36.4 Å². The standard InChI is InChI=1S/C25H28FO3P/c1-17-12-21(10-11-30(3,28)29)13-18(2)24(17)16-20-6-9-25(27)22(15-20)14-19-4-7-23(26)8-5-19/h4-9,12-13,15,27H,10-11,14,16H2,1-3H3,(H,28,29). The molecule has 5 heteroatoms.